The zero-order valence-electron chi connectivity index (χ0n) is 6.34. The number of carbonyl (C=O) groups is 1. The van der Waals surface area contributed by atoms with E-state index in [1.165, 1.54) is 13.0 Å². The molecule has 0 bridgehead atoms. The van der Waals surface area contributed by atoms with E-state index in [0.29, 0.717) is 5.82 Å². The maximum atomic E-state index is 10.7. The van der Waals surface area contributed by atoms with E-state index in [-0.39, 0.29) is 22.5 Å². The molecule has 12 heavy (non-hydrogen) atoms. The molecule has 0 atom stereocenters. The molecule has 3 nitrogen and oxygen atoms in total. The van der Waals surface area contributed by atoms with Crippen LogP contribution in [0.2, 0.25) is 10.3 Å². The predicted octanol–water partition coefficient (Wildman–Crippen LogP) is 1.91. The van der Waals surface area contributed by atoms with Crippen LogP contribution in [0.4, 0.5) is 0 Å². The van der Waals surface area contributed by atoms with Crippen LogP contribution in [0.3, 0.4) is 0 Å². The summed E-state index contributed by atoms with van der Waals surface area (Å²) in [7, 11) is 0. The summed E-state index contributed by atoms with van der Waals surface area (Å²) in [5.41, 5.74) is 0. The number of nitrogens with zero attached hydrogens (tertiary/aromatic N) is 2. The first-order valence-corrected chi connectivity index (χ1v) is 4.02. The van der Waals surface area contributed by atoms with Crippen LogP contribution in [0.25, 0.3) is 0 Å². The highest BCUT2D eigenvalue weighted by atomic mass is 35.5. The zero-order chi connectivity index (χ0) is 9.14. The number of halogens is 2. The number of Topliss-reactive ketones (excluding diaryl/α,β-unsaturated/α-hetero) is 1. The van der Waals surface area contributed by atoms with Gasteiger partial charge in [0.05, 0.1) is 6.42 Å². The normalized spacial score (nSPS) is 9.92. The van der Waals surface area contributed by atoms with Gasteiger partial charge in [-0.15, -0.1) is 0 Å². The van der Waals surface area contributed by atoms with Crippen molar-refractivity contribution >= 4 is 29.0 Å². The Morgan fingerprint density at radius 1 is 1.42 bits per heavy atom. The second kappa shape index (κ2) is 3.83. The SMILES string of the molecule is CC(=O)Cc1nc(Cl)cc(Cl)n1. The van der Waals surface area contributed by atoms with Crippen LogP contribution in [0.5, 0.6) is 0 Å². The molecule has 1 aromatic heterocycles. The Morgan fingerprint density at radius 3 is 2.33 bits per heavy atom. The van der Waals surface area contributed by atoms with Gasteiger partial charge in [0, 0.05) is 6.07 Å². The summed E-state index contributed by atoms with van der Waals surface area (Å²) in [5, 5.41) is 0.512. The topological polar surface area (TPSA) is 42.9 Å². The number of hydrogen-bond acceptors (Lipinski definition) is 3. The molecule has 64 valence electrons. The summed E-state index contributed by atoms with van der Waals surface area (Å²) < 4.78 is 0. The van der Waals surface area contributed by atoms with Crippen molar-refractivity contribution < 1.29 is 4.79 Å². The second-order valence-electron chi connectivity index (χ2n) is 2.31. The highest BCUT2D eigenvalue weighted by Gasteiger charge is 2.03. The minimum atomic E-state index is -0.0201. The van der Waals surface area contributed by atoms with E-state index in [0.717, 1.165) is 0 Å². The lowest BCUT2D eigenvalue weighted by molar-refractivity contribution is -0.116. The van der Waals surface area contributed by atoms with E-state index in [1.54, 1.807) is 0 Å². The van der Waals surface area contributed by atoms with E-state index < -0.39 is 0 Å². The predicted molar refractivity (Wildman–Crippen MR) is 46.4 cm³/mol. The van der Waals surface area contributed by atoms with Crippen LogP contribution in [0, 0.1) is 0 Å². The van der Waals surface area contributed by atoms with Crippen LogP contribution in [0.1, 0.15) is 12.7 Å². The van der Waals surface area contributed by atoms with E-state index >= 15 is 0 Å². The number of rotatable bonds is 2. The van der Waals surface area contributed by atoms with Gasteiger partial charge in [0.2, 0.25) is 0 Å². The minimum absolute atomic E-state index is 0.0201. The first-order valence-electron chi connectivity index (χ1n) is 3.26. The van der Waals surface area contributed by atoms with Gasteiger partial charge in [0.25, 0.3) is 0 Å². The molecule has 0 N–H and O–H groups in total. The van der Waals surface area contributed by atoms with Crippen molar-refractivity contribution in [1.29, 1.82) is 0 Å². The summed E-state index contributed by atoms with van der Waals surface area (Å²) >= 11 is 11.2. The number of hydrogen-bond donors (Lipinski definition) is 0. The summed E-state index contributed by atoms with van der Waals surface area (Å²) in [6, 6.07) is 1.42. The molecule has 0 amide bonds. The average molecular weight is 205 g/mol. The van der Waals surface area contributed by atoms with Gasteiger partial charge in [0.1, 0.15) is 21.9 Å². The van der Waals surface area contributed by atoms with E-state index in [9.17, 15) is 4.79 Å². The van der Waals surface area contributed by atoms with Gasteiger partial charge in [0.15, 0.2) is 0 Å². The largest absolute Gasteiger partial charge is 0.300 e. The van der Waals surface area contributed by atoms with Crippen LogP contribution in [0.15, 0.2) is 6.07 Å². The van der Waals surface area contributed by atoms with Gasteiger partial charge in [-0.3, -0.25) is 4.79 Å². The number of ketones is 1. The molecule has 1 rings (SSSR count). The lowest BCUT2D eigenvalue weighted by atomic mass is 10.3. The number of carbonyl (C=O) groups excluding carboxylic acids is 1. The average Bonchev–Trinajstić information content (AvgIpc) is 1.81. The third-order valence-electron chi connectivity index (χ3n) is 1.12. The summed E-state index contributed by atoms with van der Waals surface area (Å²) in [6.45, 7) is 1.46. The summed E-state index contributed by atoms with van der Waals surface area (Å²) in [5.74, 6) is 0.341. The molecule has 5 heteroatoms. The summed E-state index contributed by atoms with van der Waals surface area (Å²) in [6.07, 6.45) is 0.167. The van der Waals surface area contributed by atoms with E-state index in [1.807, 2.05) is 0 Å². The monoisotopic (exact) mass is 204 g/mol. The fraction of sp³-hybridized carbons (Fsp3) is 0.286. The first kappa shape index (κ1) is 9.42. The van der Waals surface area contributed by atoms with Crippen LogP contribution in [-0.2, 0) is 11.2 Å². The molecule has 0 aliphatic rings. The van der Waals surface area contributed by atoms with Crippen molar-refractivity contribution in [2.75, 3.05) is 0 Å². The molecular weight excluding hydrogens is 199 g/mol. The van der Waals surface area contributed by atoms with Crippen molar-refractivity contribution in [1.82, 2.24) is 9.97 Å². The van der Waals surface area contributed by atoms with Gasteiger partial charge in [-0.1, -0.05) is 23.2 Å². The molecule has 0 aliphatic heterocycles. The molecule has 0 saturated carbocycles. The molecule has 0 unspecified atom stereocenters. The Kier molecular flexibility index (Phi) is 3.00. The smallest absolute Gasteiger partial charge is 0.139 e. The van der Waals surface area contributed by atoms with Crippen LogP contribution >= 0.6 is 23.2 Å². The van der Waals surface area contributed by atoms with E-state index in [4.69, 9.17) is 23.2 Å². The fourth-order valence-corrected chi connectivity index (χ4v) is 1.19. The lowest BCUT2D eigenvalue weighted by Gasteiger charge is -1.97. The molecule has 0 fully saturated rings. The molecule has 0 spiro atoms. The molecule has 1 heterocycles. The molecule has 0 aliphatic carbocycles. The maximum absolute atomic E-state index is 10.7. The van der Waals surface area contributed by atoms with Crippen molar-refractivity contribution in [3.8, 4) is 0 Å². The van der Waals surface area contributed by atoms with Crippen molar-refractivity contribution in [3.63, 3.8) is 0 Å². The van der Waals surface area contributed by atoms with Crippen LogP contribution in [-0.4, -0.2) is 15.8 Å². The van der Waals surface area contributed by atoms with E-state index in [2.05, 4.69) is 9.97 Å². The highest BCUT2D eigenvalue weighted by molar-refractivity contribution is 6.33. The van der Waals surface area contributed by atoms with Gasteiger partial charge >= 0.3 is 0 Å². The minimum Gasteiger partial charge on any atom is -0.300 e. The third-order valence-corrected chi connectivity index (χ3v) is 1.50. The Labute approximate surface area is 79.7 Å². The lowest BCUT2D eigenvalue weighted by Crippen LogP contribution is -2.02. The Hall–Kier alpha value is -0.670. The molecule has 0 saturated heterocycles. The fourth-order valence-electron chi connectivity index (χ4n) is 0.736. The van der Waals surface area contributed by atoms with Gasteiger partial charge in [-0.05, 0) is 6.92 Å². The Morgan fingerprint density at radius 2 is 1.92 bits per heavy atom. The highest BCUT2D eigenvalue weighted by Crippen LogP contribution is 2.11. The molecule has 0 radical (unpaired) electrons. The first-order chi connectivity index (χ1) is 5.58. The standard InChI is InChI=1S/C7H6Cl2N2O/c1-4(12)2-7-10-5(8)3-6(9)11-7/h3H,2H2,1H3. The Balaban J connectivity index is 2.93. The van der Waals surface area contributed by atoms with Crippen LogP contribution < -0.4 is 0 Å². The van der Waals surface area contributed by atoms with Crippen molar-refractivity contribution in [3.05, 3.63) is 22.2 Å². The Bertz CT molecular complexity index is 294. The van der Waals surface area contributed by atoms with Gasteiger partial charge in [-0.25, -0.2) is 9.97 Å². The van der Waals surface area contributed by atoms with Gasteiger partial charge in [-0.2, -0.15) is 0 Å². The van der Waals surface area contributed by atoms with Crippen molar-refractivity contribution in [2.24, 2.45) is 0 Å². The molecule has 0 aromatic carbocycles. The zero-order valence-corrected chi connectivity index (χ0v) is 7.85. The second-order valence-corrected chi connectivity index (χ2v) is 3.08. The summed E-state index contributed by atoms with van der Waals surface area (Å²) in [4.78, 5) is 18.3. The third kappa shape index (κ3) is 2.75. The molecular formula is C7H6Cl2N2O. The molecule has 1 aromatic rings. The van der Waals surface area contributed by atoms with Gasteiger partial charge < -0.3 is 0 Å². The quantitative estimate of drug-likeness (QED) is 0.692. The maximum Gasteiger partial charge on any atom is 0.139 e. The number of aromatic nitrogens is 2. The van der Waals surface area contributed by atoms with Crippen molar-refractivity contribution in [2.45, 2.75) is 13.3 Å².